The fourth-order valence-corrected chi connectivity index (χ4v) is 1.78. The summed E-state index contributed by atoms with van der Waals surface area (Å²) in [5, 5.41) is 0. The summed E-state index contributed by atoms with van der Waals surface area (Å²) < 4.78 is 0. The van der Waals surface area contributed by atoms with E-state index in [0.29, 0.717) is 6.04 Å². The Hall–Kier alpha value is -1.06. The average Bonchev–Trinajstić information content (AvgIpc) is 2.18. The first kappa shape index (κ1) is 10.0. The van der Waals surface area contributed by atoms with E-state index in [0.717, 1.165) is 19.2 Å². The molecule has 74 valence electrons. The van der Waals surface area contributed by atoms with Gasteiger partial charge in [0, 0.05) is 13.1 Å². The van der Waals surface area contributed by atoms with Crippen molar-refractivity contribution in [1.82, 2.24) is 4.90 Å². The molecule has 0 unspecified atom stereocenters. The Balaban J connectivity index is 2.44. The van der Waals surface area contributed by atoms with E-state index >= 15 is 0 Å². The van der Waals surface area contributed by atoms with Gasteiger partial charge in [-0.2, -0.15) is 4.99 Å². The van der Waals surface area contributed by atoms with Crippen LogP contribution in [0.5, 0.6) is 0 Å². The van der Waals surface area contributed by atoms with Crippen LogP contribution in [0.15, 0.2) is 4.99 Å². The molecule has 4 nitrogen and oxygen atoms in total. The highest BCUT2D eigenvalue weighted by molar-refractivity contribution is 5.82. The Kier molecular flexibility index (Phi) is 3.73. The van der Waals surface area contributed by atoms with Crippen LogP contribution in [0.25, 0.3) is 0 Å². The topological polar surface area (TPSA) is 58.7 Å². The standard InChI is InChI=1S/C9H17N3O/c1-12(9(13)11-7-10)8-5-3-2-4-6-8/h7-8H,2-6H2,1H3,(H2,10,11,13). The van der Waals surface area contributed by atoms with E-state index in [2.05, 4.69) is 4.99 Å². The molecule has 0 spiro atoms. The lowest BCUT2D eigenvalue weighted by molar-refractivity contribution is 0.183. The maximum Gasteiger partial charge on any atom is 0.344 e. The molecule has 0 aromatic rings. The number of aliphatic imine (C=N–C) groups is 1. The van der Waals surface area contributed by atoms with Crippen molar-refractivity contribution in [1.29, 1.82) is 0 Å². The van der Waals surface area contributed by atoms with Crippen molar-refractivity contribution in [2.24, 2.45) is 10.7 Å². The van der Waals surface area contributed by atoms with Crippen LogP contribution in [0.4, 0.5) is 4.79 Å². The number of carbonyl (C=O) groups excluding carboxylic acids is 1. The highest BCUT2D eigenvalue weighted by atomic mass is 16.2. The van der Waals surface area contributed by atoms with Crippen molar-refractivity contribution in [2.75, 3.05) is 7.05 Å². The zero-order valence-corrected chi connectivity index (χ0v) is 8.07. The SMILES string of the molecule is CN(C(=O)/N=C/N)C1CCCCC1. The van der Waals surface area contributed by atoms with Crippen LogP contribution in [0, 0.1) is 0 Å². The second-order valence-corrected chi connectivity index (χ2v) is 3.46. The van der Waals surface area contributed by atoms with Crippen LogP contribution >= 0.6 is 0 Å². The lowest BCUT2D eigenvalue weighted by Gasteiger charge is -2.29. The van der Waals surface area contributed by atoms with Gasteiger partial charge in [-0.3, -0.25) is 0 Å². The molecule has 2 N–H and O–H groups in total. The molecular formula is C9H17N3O. The summed E-state index contributed by atoms with van der Waals surface area (Å²) in [6.07, 6.45) is 6.98. The number of hydrogen-bond acceptors (Lipinski definition) is 1. The number of carbonyl (C=O) groups is 1. The van der Waals surface area contributed by atoms with Crippen LogP contribution in [0.3, 0.4) is 0 Å². The van der Waals surface area contributed by atoms with Gasteiger partial charge in [0.2, 0.25) is 0 Å². The first-order valence-electron chi connectivity index (χ1n) is 4.76. The first-order chi connectivity index (χ1) is 6.25. The van der Waals surface area contributed by atoms with E-state index in [1.165, 1.54) is 19.3 Å². The van der Waals surface area contributed by atoms with Gasteiger partial charge >= 0.3 is 6.03 Å². The van der Waals surface area contributed by atoms with Gasteiger partial charge in [0.05, 0.1) is 6.34 Å². The Morgan fingerprint density at radius 1 is 1.46 bits per heavy atom. The smallest absolute Gasteiger partial charge is 0.344 e. The summed E-state index contributed by atoms with van der Waals surface area (Å²) in [5.41, 5.74) is 5.06. The van der Waals surface area contributed by atoms with Crippen LogP contribution in [0.2, 0.25) is 0 Å². The molecule has 1 saturated carbocycles. The normalized spacial score (nSPS) is 19.2. The number of nitrogens with two attached hydrogens (primary N) is 1. The molecule has 13 heavy (non-hydrogen) atoms. The molecule has 0 aromatic heterocycles. The second-order valence-electron chi connectivity index (χ2n) is 3.46. The Morgan fingerprint density at radius 3 is 2.62 bits per heavy atom. The molecule has 0 heterocycles. The molecule has 1 aliphatic carbocycles. The third-order valence-corrected chi connectivity index (χ3v) is 2.61. The van der Waals surface area contributed by atoms with Gasteiger partial charge in [-0.05, 0) is 12.8 Å². The maximum atomic E-state index is 11.3. The predicted octanol–water partition coefficient (Wildman–Crippen LogP) is 1.36. The highest BCUT2D eigenvalue weighted by Crippen LogP contribution is 2.21. The number of amides is 2. The molecular weight excluding hydrogens is 166 g/mol. The van der Waals surface area contributed by atoms with Crippen LogP contribution in [-0.4, -0.2) is 30.4 Å². The number of rotatable bonds is 1. The molecule has 0 atom stereocenters. The average molecular weight is 183 g/mol. The van der Waals surface area contributed by atoms with Gasteiger partial charge in [-0.15, -0.1) is 0 Å². The van der Waals surface area contributed by atoms with E-state index < -0.39 is 0 Å². The molecule has 1 aliphatic rings. The molecule has 0 aromatic carbocycles. The lowest BCUT2D eigenvalue weighted by atomic mass is 9.95. The predicted molar refractivity (Wildman–Crippen MR) is 52.7 cm³/mol. The Labute approximate surface area is 78.8 Å². The molecule has 0 aliphatic heterocycles. The van der Waals surface area contributed by atoms with E-state index in [-0.39, 0.29) is 6.03 Å². The largest absolute Gasteiger partial charge is 0.390 e. The molecule has 1 fully saturated rings. The van der Waals surface area contributed by atoms with Crippen molar-refractivity contribution in [2.45, 2.75) is 38.1 Å². The molecule has 0 saturated heterocycles. The molecule has 2 amide bonds. The quantitative estimate of drug-likeness (QED) is 0.493. The zero-order chi connectivity index (χ0) is 9.68. The van der Waals surface area contributed by atoms with Crippen molar-refractivity contribution in [3.63, 3.8) is 0 Å². The fraction of sp³-hybridized carbons (Fsp3) is 0.778. The van der Waals surface area contributed by atoms with Gasteiger partial charge in [-0.1, -0.05) is 19.3 Å². The van der Waals surface area contributed by atoms with Crippen molar-refractivity contribution >= 4 is 12.4 Å². The van der Waals surface area contributed by atoms with Crippen molar-refractivity contribution in [3.05, 3.63) is 0 Å². The van der Waals surface area contributed by atoms with E-state index in [9.17, 15) is 4.79 Å². The minimum atomic E-state index is -0.227. The summed E-state index contributed by atoms with van der Waals surface area (Å²) in [4.78, 5) is 16.5. The van der Waals surface area contributed by atoms with Gasteiger partial charge < -0.3 is 10.6 Å². The second kappa shape index (κ2) is 4.84. The molecule has 0 radical (unpaired) electrons. The zero-order valence-electron chi connectivity index (χ0n) is 8.07. The summed E-state index contributed by atoms with van der Waals surface area (Å²) in [7, 11) is 1.80. The van der Waals surface area contributed by atoms with Gasteiger partial charge in [0.1, 0.15) is 0 Å². The van der Waals surface area contributed by atoms with E-state index in [4.69, 9.17) is 5.73 Å². The van der Waals surface area contributed by atoms with Gasteiger partial charge in [0.25, 0.3) is 0 Å². The van der Waals surface area contributed by atoms with Gasteiger partial charge in [0.15, 0.2) is 0 Å². The number of hydrogen-bond donors (Lipinski definition) is 1. The summed E-state index contributed by atoms with van der Waals surface area (Å²) >= 11 is 0. The van der Waals surface area contributed by atoms with E-state index in [1.807, 2.05) is 0 Å². The molecule has 4 heteroatoms. The summed E-state index contributed by atoms with van der Waals surface area (Å²) in [6, 6.07) is 0.138. The summed E-state index contributed by atoms with van der Waals surface area (Å²) in [6.45, 7) is 0. The Bertz CT molecular complexity index is 197. The van der Waals surface area contributed by atoms with Gasteiger partial charge in [-0.25, -0.2) is 4.79 Å². The van der Waals surface area contributed by atoms with Crippen LogP contribution < -0.4 is 5.73 Å². The molecule has 0 bridgehead atoms. The Morgan fingerprint density at radius 2 is 2.08 bits per heavy atom. The number of nitrogens with zero attached hydrogens (tertiary/aromatic N) is 2. The van der Waals surface area contributed by atoms with Crippen molar-refractivity contribution in [3.8, 4) is 0 Å². The van der Waals surface area contributed by atoms with Crippen LogP contribution in [0.1, 0.15) is 32.1 Å². The number of urea groups is 1. The maximum absolute atomic E-state index is 11.3. The first-order valence-corrected chi connectivity index (χ1v) is 4.76. The van der Waals surface area contributed by atoms with E-state index in [1.54, 1.807) is 11.9 Å². The minimum Gasteiger partial charge on any atom is -0.390 e. The van der Waals surface area contributed by atoms with Crippen molar-refractivity contribution < 1.29 is 4.79 Å². The van der Waals surface area contributed by atoms with Crippen LogP contribution in [-0.2, 0) is 0 Å². The summed E-state index contributed by atoms with van der Waals surface area (Å²) in [5.74, 6) is 0. The third-order valence-electron chi connectivity index (χ3n) is 2.61. The fourth-order valence-electron chi connectivity index (χ4n) is 1.78. The molecule has 1 rings (SSSR count). The minimum absolute atomic E-state index is 0.227. The lowest BCUT2D eigenvalue weighted by Crippen LogP contribution is -2.36. The monoisotopic (exact) mass is 183 g/mol. The third kappa shape index (κ3) is 2.72. The highest BCUT2D eigenvalue weighted by Gasteiger charge is 2.20.